The number of carbonyl (C=O) groups is 1. The molecule has 0 aromatic heterocycles. The van der Waals surface area contributed by atoms with Crippen LogP contribution in [0.1, 0.15) is 17.5 Å². The molecule has 3 aromatic rings. The summed E-state index contributed by atoms with van der Waals surface area (Å²) in [6.45, 7) is 1.42. The maximum atomic E-state index is 13.5. The Labute approximate surface area is 204 Å². The zero-order valence-electron chi connectivity index (χ0n) is 19.5. The Morgan fingerprint density at radius 2 is 1.74 bits per heavy atom. The zero-order chi connectivity index (χ0) is 25.4. The van der Waals surface area contributed by atoms with Crippen LogP contribution in [0.4, 0.5) is 11.4 Å². The summed E-state index contributed by atoms with van der Waals surface area (Å²) >= 11 is 0. The Morgan fingerprint density at radius 3 is 2.37 bits per heavy atom. The van der Waals surface area contributed by atoms with Gasteiger partial charge in [-0.25, -0.2) is 8.42 Å². The number of carbonyl (C=O) groups excluding carboxylic acids is 1. The smallest absolute Gasteiger partial charge is 0.273 e. The molecule has 0 saturated carbocycles. The van der Waals surface area contributed by atoms with Crippen molar-refractivity contribution in [2.45, 2.75) is 24.7 Å². The molecular weight excluding hydrogens is 470 g/mol. The normalized spacial score (nSPS) is 11.0. The number of amides is 1. The molecule has 0 saturated heterocycles. The lowest BCUT2D eigenvalue weighted by Crippen LogP contribution is -2.41. The number of methoxy groups -OCH3 is 1. The number of aryl methyl sites for hydroxylation is 2. The number of ether oxygens (including phenoxy) is 1. The predicted octanol–water partition coefficient (Wildman–Crippen LogP) is 3.86. The monoisotopic (exact) mass is 497 g/mol. The summed E-state index contributed by atoms with van der Waals surface area (Å²) in [5, 5.41) is 14.1. The van der Waals surface area contributed by atoms with E-state index >= 15 is 0 Å². The fourth-order valence-electron chi connectivity index (χ4n) is 3.49. The van der Waals surface area contributed by atoms with Crippen LogP contribution < -0.4 is 14.4 Å². The van der Waals surface area contributed by atoms with Crippen LogP contribution in [0.2, 0.25) is 0 Å². The third-order valence-corrected chi connectivity index (χ3v) is 7.19. The fraction of sp³-hybridized carbons (Fsp3) is 0.240. The quantitative estimate of drug-likeness (QED) is 0.244. The lowest BCUT2D eigenvalue weighted by atomic mass is 10.1. The summed E-state index contributed by atoms with van der Waals surface area (Å²) in [7, 11) is -2.80. The number of hydrogen-bond donors (Lipinski definition) is 1. The number of sulfonamides is 1. The Hall–Kier alpha value is -3.92. The maximum Gasteiger partial charge on any atom is 0.273 e. The van der Waals surface area contributed by atoms with E-state index in [0.717, 1.165) is 22.4 Å². The van der Waals surface area contributed by atoms with Gasteiger partial charge in [-0.2, -0.15) is 0 Å². The number of nitro benzene ring substituents is 1. The van der Waals surface area contributed by atoms with Gasteiger partial charge in [0.2, 0.25) is 5.91 Å². The van der Waals surface area contributed by atoms with E-state index in [1.807, 2.05) is 30.3 Å². The minimum absolute atomic E-state index is 0.230. The molecule has 3 rings (SSSR count). The van der Waals surface area contributed by atoms with Crippen LogP contribution in [-0.2, 0) is 21.2 Å². The van der Waals surface area contributed by atoms with Crippen LogP contribution in [0.5, 0.6) is 5.75 Å². The van der Waals surface area contributed by atoms with Gasteiger partial charge in [0, 0.05) is 18.2 Å². The van der Waals surface area contributed by atoms with Crippen LogP contribution in [0.25, 0.3) is 0 Å². The van der Waals surface area contributed by atoms with E-state index in [1.165, 1.54) is 38.3 Å². The van der Waals surface area contributed by atoms with Gasteiger partial charge in [0.05, 0.1) is 22.6 Å². The minimum atomic E-state index is -4.29. The van der Waals surface area contributed by atoms with Crippen molar-refractivity contribution in [3.63, 3.8) is 0 Å². The molecule has 3 aromatic carbocycles. The molecule has 1 N–H and O–H groups in total. The van der Waals surface area contributed by atoms with E-state index in [9.17, 15) is 23.3 Å². The molecule has 0 bridgehead atoms. The second kappa shape index (κ2) is 11.5. The van der Waals surface area contributed by atoms with Gasteiger partial charge < -0.3 is 10.1 Å². The first-order chi connectivity index (χ1) is 16.7. The minimum Gasteiger partial charge on any atom is -0.497 e. The highest BCUT2D eigenvalue weighted by Crippen LogP contribution is 2.29. The molecule has 0 heterocycles. The van der Waals surface area contributed by atoms with Gasteiger partial charge in [-0.15, -0.1) is 0 Å². The number of hydrogen-bond acceptors (Lipinski definition) is 6. The molecule has 0 aliphatic carbocycles. The average molecular weight is 498 g/mol. The van der Waals surface area contributed by atoms with Gasteiger partial charge in [0.25, 0.3) is 15.7 Å². The van der Waals surface area contributed by atoms with Crippen molar-refractivity contribution >= 4 is 27.3 Å². The summed E-state index contributed by atoms with van der Waals surface area (Å²) in [6, 6.07) is 19.7. The number of nitrogens with one attached hydrogen (secondary N) is 1. The molecule has 10 heteroatoms. The molecule has 0 radical (unpaired) electrons. The fourth-order valence-corrected chi connectivity index (χ4v) is 4.93. The van der Waals surface area contributed by atoms with Crippen LogP contribution >= 0.6 is 0 Å². The van der Waals surface area contributed by atoms with Gasteiger partial charge in [0.1, 0.15) is 12.3 Å². The standard InChI is InChI=1S/C25H27N3O6S/c1-19-10-15-23(17-24(19)28(30)31)35(32,33)27(21-11-13-22(34-2)14-12-21)18-25(29)26-16-6-9-20-7-4-3-5-8-20/h3-5,7-8,10-15,17H,6,9,16,18H2,1-2H3,(H,26,29). The Balaban J connectivity index is 1.81. The van der Waals surface area contributed by atoms with Crippen LogP contribution in [0.15, 0.2) is 77.7 Å². The number of nitrogens with zero attached hydrogens (tertiary/aromatic N) is 2. The van der Waals surface area contributed by atoms with Crippen molar-refractivity contribution in [3.8, 4) is 5.75 Å². The predicted molar refractivity (Wildman–Crippen MR) is 133 cm³/mol. The molecule has 0 spiro atoms. The zero-order valence-corrected chi connectivity index (χ0v) is 20.3. The molecule has 0 unspecified atom stereocenters. The Bertz CT molecular complexity index is 1280. The highest BCUT2D eigenvalue weighted by Gasteiger charge is 2.29. The van der Waals surface area contributed by atoms with E-state index < -0.39 is 27.4 Å². The van der Waals surface area contributed by atoms with Gasteiger partial charge in [-0.3, -0.25) is 19.2 Å². The summed E-state index contributed by atoms with van der Waals surface area (Å²) in [5.74, 6) is 0.0292. The highest BCUT2D eigenvalue weighted by atomic mass is 32.2. The summed E-state index contributed by atoms with van der Waals surface area (Å²) in [4.78, 5) is 23.2. The van der Waals surface area contributed by atoms with E-state index in [0.29, 0.717) is 24.3 Å². The van der Waals surface area contributed by atoms with E-state index in [4.69, 9.17) is 4.74 Å². The number of benzene rings is 3. The van der Waals surface area contributed by atoms with Crippen LogP contribution in [-0.4, -0.2) is 39.4 Å². The van der Waals surface area contributed by atoms with Gasteiger partial charge in [-0.05, 0) is 55.7 Å². The number of rotatable bonds is 11. The summed E-state index contributed by atoms with van der Waals surface area (Å²) in [5.41, 5.74) is 1.39. The van der Waals surface area contributed by atoms with Crippen LogP contribution in [0.3, 0.4) is 0 Å². The van der Waals surface area contributed by atoms with Crippen molar-refractivity contribution in [2.75, 3.05) is 24.5 Å². The first-order valence-electron chi connectivity index (χ1n) is 10.9. The SMILES string of the molecule is COc1ccc(N(CC(=O)NCCCc2ccccc2)S(=O)(=O)c2ccc(C)c([N+](=O)[O-])c2)cc1. The Kier molecular flexibility index (Phi) is 8.43. The van der Waals surface area contributed by atoms with Crippen molar-refractivity contribution in [3.05, 3.63) is 94.0 Å². The first-order valence-corrected chi connectivity index (χ1v) is 12.4. The Morgan fingerprint density at radius 1 is 1.06 bits per heavy atom. The number of nitro groups is 1. The van der Waals surface area contributed by atoms with Crippen molar-refractivity contribution in [1.29, 1.82) is 0 Å². The van der Waals surface area contributed by atoms with E-state index in [-0.39, 0.29) is 16.3 Å². The molecule has 0 aliphatic heterocycles. The largest absolute Gasteiger partial charge is 0.497 e. The van der Waals surface area contributed by atoms with E-state index in [1.54, 1.807) is 12.1 Å². The number of anilines is 1. The van der Waals surface area contributed by atoms with Crippen molar-refractivity contribution in [2.24, 2.45) is 0 Å². The lowest BCUT2D eigenvalue weighted by Gasteiger charge is -2.24. The summed E-state index contributed by atoms with van der Waals surface area (Å²) in [6.07, 6.45) is 1.46. The first kappa shape index (κ1) is 25.7. The molecule has 1 amide bonds. The van der Waals surface area contributed by atoms with E-state index in [2.05, 4.69) is 5.32 Å². The van der Waals surface area contributed by atoms with Gasteiger partial charge >= 0.3 is 0 Å². The maximum absolute atomic E-state index is 13.5. The van der Waals surface area contributed by atoms with Gasteiger partial charge in [0.15, 0.2) is 0 Å². The van der Waals surface area contributed by atoms with Crippen molar-refractivity contribution < 1.29 is 22.9 Å². The molecule has 0 atom stereocenters. The second-order valence-electron chi connectivity index (χ2n) is 7.85. The van der Waals surface area contributed by atoms with Crippen LogP contribution in [0, 0.1) is 17.0 Å². The lowest BCUT2D eigenvalue weighted by molar-refractivity contribution is -0.385. The third kappa shape index (κ3) is 6.57. The highest BCUT2D eigenvalue weighted by molar-refractivity contribution is 7.92. The topological polar surface area (TPSA) is 119 Å². The van der Waals surface area contributed by atoms with Crippen molar-refractivity contribution in [1.82, 2.24) is 5.32 Å². The summed E-state index contributed by atoms with van der Waals surface area (Å²) < 4.78 is 33.1. The molecule has 0 aliphatic rings. The third-order valence-electron chi connectivity index (χ3n) is 5.42. The average Bonchev–Trinajstić information content (AvgIpc) is 2.86. The van der Waals surface area contributed by atoms with Gasteiger partial charge in [-0.1, -0.05) is 36.4 Å². The molecule has 0 fully saturated rings. The second-order valence-corrected chi connectivity index (χ2v) is 9.72. The molecule has 184 valence electrons. The molecule has 9 nitrogen and oxygen atoms in total. The molecule has 35 heavy (non-hydrogen) atoms. The molecular formula is C25H27N3O6S.